The summed E-state index contributed by atoms with van der Waals surface area (Å²) in [6, 6.07) is 13.1. The predicted octanol–water partition coefficient (Wildman–Crippen LogP) is 2.88. The minimum absolute atomic E-state index is 0.0310. The zero-order valence-electron chi connectivity index (χ0n) is 10.2. The third-order valence-corrected chi connectivity index (χ3v) is 3.56. The Kier molecular flexibility index (Phi) is 3.01. The van der Waals surface area contributed by atoms with Gasteiger partial charge in [0.1, 0.15) is 0 Å². The summed E-state index contributed by atoms with van der Waals surface area (Å²) in [6.07, 6.45) is 0.422. The van der Waals surface area contributed by atoms with Gasteiger partial charge in [0.05, 0.1) is 12.5 Å². The van der Waals surface area contributed by atoms with Gasteiger partial charge in [-0.3, -0.25) is 4.79 Å². The van der Waals surface area contributed by atoms with Gasteiger partial charge in [-0.2, -0.15) is 0 Å². The highest BCUT2D eigenvalue weighted by Gasteiger charge is 2.19. The number of carbonyl (C=O) groups excluding carboxylic acids is 1. The maximum atomic E-state index is 11.3. The Balaban J connectivity index is 1.95. The number of hydrogen-bond acceptors (Lipinski definition) is 2. The quantitative estimate of drug-likeness (QED) is 0.883. The van der Waals surface area contributed by atoms with Crippen LogP contribution in [0.1, 0.15) is 22.7 Å². The van der Waals surface area contributed by atoms with Crippen LogP contribution in [0.15, 0.2) is 42.5 Å². The molecule has 2 aromatic carbocycles. The largest absolute Gasteiger partial charge is 0.326 e. The molecule has 2 aromatic rings. The molecule has 0 aliphatic carbocycles. The van der Waals surface area contributed by atoms with Crippen LogP contribution in [0.4, 0.5) is 5.69 Å². The molecule has 0 saturated heterocycles. The third-order valence-electron chi connectivity index (χ3n) is 3.32. The number of carbonyl (C=O) groups is 1. The molecule has 0 aromatic heterocycles. The van der Waals surface area contributed by atoms with E-state index in [0.717, 1.165) is 22.4 Å². The molecule has 0 fully saturated rings. The number of amides is 1. The van der Waals surface area contributed by atoms with E-state index in [9.17, 15) is 4.79 Å². The lowest BCUT2D eigenvalue weighted by molar-refractivity contribution is -0.115. The van der Waals surface area contributed by atoms with E-state index in [0.29, 0.717) is 11.4 Å². The van der Waals surface area contributed by atoms with Crippen molar-refractivity contribution < 1.29 is 4.79 Å². The van der Waals surface area contributed by atoms with E-state index in [2.05, 4.69) is 5.32 Å². The molecule has 1 unspecified atom stereocenters. The Morgan fingerprint density at radius 3 is 2.74 bits per heavy atom. The molecular formula is C15H13ClN2O. The van der Waals surface area contributed by atoms with Gasteiger partial charge in [0.2, 0.25) is 5.91 Å². The monoisotopic (exact) mass is 272 g/mol. The molecule has 1 heterocycles. The minimum Gasteiger partial charge on any atom is -0.326 e. The molecule has 3 rings (SSSR count). The molecule has 1 aliphatic rings. The first-order chi connectivity index (χ1) is 9.13. The molecule has 19 heavy (non-hydrogen) atoms. The summed E-state index contributed by atoms with van der Waals surface area (Å²) in [5.41, 5.74) is 10.1. The summed E-state index contributed by atoms with van der Waals surface area (Å²) in [5.74, 6) is 0.0310. The highest BCUT2D eigenvalue weighted by Crippen LogP contribution is 2.28. The van der Waals surface area contributed by atoms with Crippen LogP contribution in [0.2, 0.25) is 5.02 Å². The van der Waals surface area contributed by atoms with Gasteiger partial charge >= 0.3 is 0 Å². The summed E-state index contributed by atoms with van der Waals surface area (Å²) in [4.78, 5) is 11.3. The van der Waals surface area contributed by atoms with Crippen LogP contribution in [0, 0.1) is 0 Å². The number of hydrogen-bond donors (Lipinski definition) is 2. The Labute approximate surface area is 116 Å². The van der Waals surface area contributed by atoms with Gasteiger partial charge in [-0.05, 0) is 34.9 Å². The van der Waals surface area contributed by atoms with Gasteiger partial charge < -0.3 is 11.1 Å². The van der Waals surface area contributed by atoms with Crippen molar-refractivity contribution in [3.8, 4) is 0 Å². The molecule has 96 valence electrons. The van der Waals surface area contributed by atoms with E-state index in [1.165, 1.54) is 0 Å². The Morgan fingerprint density at radius 1 is 1.16 bits per heavy atom. The SMILES string of the molecule is NC(c1cccc(Cl)c1)c1ccc2c(c1)CC(=O)N2. The summed E-state index contributed by atoms with van der Waals surface area (Å²) in [7, 11) is 0. The standard InChI is InChI=1S/C15H13ClN2O/c16-12-3-1-2-9(7-12)15(17)10-4-5-13-11(6-10)8-14(19)18-13/h1-7,15H,8,17H2,(H,18,19). The molecule has 4 heteroatoms. The first kappa shape index (κ1) is 12.2. The fourth-order valence-electron chi connectivity index (χ4n) is 2.34. The number of rotatable bonds is 2. The van der Waals surface area contributed by atoms with Crippen LogP contribution >= 0.6 is 11.6 Å². The van der Waals surface area contributed by atoms with E-state index in [1.54, 1.807) is 0 Å². The van der Waals surface area contributed by atoms with Gasteiger partial charge in [0.25, 0.3) is 0 Å². The van der Waals surface area contributed by atoms with E-state index in [-0.39, 0.29) is 11.9 Å². The van der Waals surface area contributed by atoms with Gasteiger partial charge in [0, 0.05) is 10.7 Å². The van der Waals surface area contributed by atoms with Crippen LogP contribution in [0.3, 0.4) is 0 Å². The highest BCUT2D eigenvalue weighted by atomic mass is 35.5. The second kappa shape index (κ2) is 4.68. The van der Waals surface area contributed by atoms with Gasteiger partial charge in [0.15, 0.2) is 0 Å². The molecule has 3 nitrogen and oxygen atoms in total. The molecule has 1 aliphatic heterocycles. The fraction of sp³-hybridized carbons (Fsp3) is 0.133. The Morgan fingerprint density at radius 2 is 1.95 bits per heavy atom. The average Bonchev–Trinajstić information content (AvgIpc) is 2.76. The van der Waals surface area contributed by atoms with Crippen LogP contribution in [0.25, 0.3) is 0 Å². The predicted molar refractivity (Wildman–Crippen MR) is 76.3 cm³/mol. The van der Waals surface area contributed by atoms with Crippen molar-refractivity contribution in [2.75, 3.05) is 5.32 Å². The fourth-order valence-corrected chi connectivity index (χ4v) is 2.53. The summed E-state index contributed by atoms with van der Waals surface area (Å²) < 4.78 is 0. The van der Waals surface area contributed by atoms with Crippen molar-refractivity contribution in [3.63, 3.8) is 0 Å². The number of halogens is 1. The third kappa shape index (κ3) is 2.35. The number of anilines is 1. The average molecular weight is 273 g/mol. The summed E-state index contributed by atoms with van der Waals surface area (Å²) >= 11 is 5.98. The van der Waals surface area contributed by atoms with E-state index in [4.69, 9.17) is 17.3 Å². The number of nitrogens with two attached hydrogens (primary N) is 1. The zero-order valence-corrected chi connectivity index (χ0v) is 10.9. The highest BCUT2D eigenvalue weighted by molar-refractivity contribution is 6.30. The maximum Gasteiger partial charge on any atom is 0.228 e. The topological polar surface area (TPSA) is 55.1 Å². The summed E-state index contributed by atoms with van der Waals surface area (Å²) in [5, 5.41) is 3.48. The molecular weight excluding hydrogens is 260 g/mol. The lowest BCUT2D eigenvalue weighted by atomic mass is 9.97. The number of nitrogens with one attached hydrogen (secondary N) is 1. The van der Waals surface area contributed by atoms with Crippen LogP contribution in [0.5, 0.6) is 0 Å². The zero-order chi connectivity index (χ0) is 13.4. The van der Waals surface area contributed by atoms with Crippen LogP contribution in [-0.4, -0.2) is 5.91 Å². The second-order valence-corrected chi connectivity index (χ2v) is 5.11. The van der Waals surface area contributed by atoms with Gasteiger partial charge in [-0.15, -0.1) is 0 Å². The van der Waals surface area contributed by atoms with Crippen molar-refractivity contribution in [1.82, 2.24) is 0 Å². The van der Waals surface area contributed by atoms with Crippen molar-refractivity contribution >= 4 is 23.2 Å². The lowest BCUT2D eigenvalue weighted by Crippen LogP contribution is -2.11. The minimum atomic E-state index is -0.236. The lowest BCUT2D eigenvalue weighted by Gasteiger charge is -2.14. The molecule has 0 spiro atoms. The van der Waals surface area contributed by atoms with E-state index in [1.807, 2.05) is 42.5 Å². The summed E-state index contributed by atoms with van der Waals surface area (Å²) in [6.45, 7) is 0. The first-order valence-corrected chi connectivity index (χ1v) is 6.45. The van der Waals surface area contributed by atoms with Crippen molar-refractivity contribution in [2.24, 2.45) is 5.73 Å². The molecule has 1 atom stereocenters. The first-order valence-electron chi connectivity index (χ1n) is 6.07. The smallest absolute Gasteiger partial charge is 0.228 e. The number of fused-ring (bicyclic) bond motifs is 1. The van der Waals surface area contributed by atoms with Crippen LogP contribution < -0.4 is 11.1 Å². The molecule has 0 bridgehead atoms. The van der Waals surface area contributed by atoms with Crippen molar-refractivity contribution in [3.05, 3.63) is 64.2 Å². The van der Waals surface area contributed by atoms with E-state index >= 15 is 0 Å². The van der Waals surface area contributed by atoms with Crippen molar-refractivity contribution in [2.45, 2.75) is 12.5 Å². The Hall–Kier alpha value is -1.84. The molecule has 3 N–H and O–H groups in total. The normalized spacial score (nSPS) is 14.9. The van der Waals surface area contributed by atoms with Crippen LogP contribution in [-0.2, 0) is 11.2 Å². The van der Waals surface area contributed by atoms with Gasteiger partial charge in [-0.1, -0.05) is 35.9 Å². The van der Waals surface area contributed by atoms with E-state index < -0.39 is 0 Å². The maximum absolute atomic E-state index is 11.3. The van der Waals surface area contributed by atoms with Crippen molar-refractivity contribution in [1.29, 1.82) is 0 Å². The molecule has 1 amide bonds. The second-order valence-electron chi connectivity index (χ2n) is 4.67. The molecule has 0 saturated carbocycles. The number of benzene rings is 2. The van der Waals surface area contributed by atoms with Gasteiger partial charge in [-0.25, -0.2) is 0 Å². The Bertz CT molecular complexity index is 654. The molecule has 0 radical (unpaired) electrons.